The van der Waals surface area contributed by atoms with Crippen LogP contribution in [0.5, 0.6) is 5.75 Å². The summed E-state index contributed by atoms with van der Waals surface area (Å²) in [6.45, 7) is 4.41. The van der Waals surface area contributed by atoms with Crippen molar-refractivity contribution in [3.05, 3.63) is 64.2 Å². The second-order valence-electron chi connectivity index (χ2n) is 11.4. The third kappa shape index (κ3) is 9.54. The maximum Gasteiger partial charge on any atom is 0.343 e. The SMILES string of the molecule is CCCCCc1ccc(OC(=O)c2ccc(CCCC[C@H]3CC[C@H](CCCCC)CC3)cc2)c(C#N)c1C#N. The molecule has 1 aliphatic carbocycles. The van der Waals surface area contributed by atoms with E-state index < -0.39 is 5.97 Å². The van der Waals surface area contributed by atoms with Crippen LogP contribution in [0, 0.1) is 34.5 Å². The van der Waals surface area contributed by atoms with Crippen LogP contribution in [0.1, 0.15) is 136 Å². The van der Waals surface area contributed by atoms with E-state index in [-0.39, 0.29) is 11.3 Å². The fraction of sp³-hybridized carbons (Fsp3) is 0.571. The Hall–Kier alpha value is -3.11. The Morgan fingerprint density at radius 2 is 1.31 bits per heavy atom. The smallest absolute Gasteiger partial charge is 0.343 e. The number of nitriles is 2. The molecule has 1 saturated carbocycles. The van der Waals surface area contributed by atoms with Crippen molar-refractivity contribution in [3.63, 3.8) is 0 Å². The molecule has 0 amide bonds. The van der Waals surface area contributed by atoms with Crippen LogP contribution in [0.15, 0.2) is 36.4 Å². The van der Waals surface area contributed by atoms with Gasteiger partial charge in [-0.25, -0.2) is 4.79 Å². The molecule has 0 unspecified atom stereocenters. The molecule has 39 heavy (non-hydrogen) atoms. The maximum absolute atomic E-state index is 12.8. The zero-order valence-electron chi connectivity index (χ0n) is 24.1. The monoisotopic (exact) mass is 526 g/mol. The van der Waals surface area contributed by atoms with E-state index >= 15 is 0 Å². The molecule has 0 N–H and O–H groups in total. The number of unbranched alkanes of at least 4 members (excludes halogenated alkanes) is 5. The number of rotatable bonds is 15. The molecule has 0 spiro atoms. The van der Waals surface area contributed by atoms with Crippen molar-refractivity contribution < 1.29 is 9.53 Å². The summed E-state index contributed by atoms with van der Waals surface area (Å²) in [6.07, 6.45) is 19.9. The number of carbonyl (C=O) groups is 1. The molecular weight excluding hydrogens is 480 g/mol. The van der Waals surface area contributed by atoms with Gasteiger partial charge in [-0.2, -0.15) is 10.5 Å². The lowest BCUT2D eigenvalue weighted by molar-refractivity contribution is 0.0734. The van der Waals surface area contributed by atoms with Gasteiger partial charge in [-0.3, -0.25) is 0 Å². The van der Waals surface area contributed by atoms with Crippen molar-refractivity contribution >= 4 is 5.97 Å². The topological polar surface area (TPSA) is 73.9 Å². The van der Waals surface area contributed by atoms with E-state index in [1.807, 2.05) is 12.1 Å². The highest BCUT2D eigenvalue weighted by Gasteiger charge is 2.21. The van der Waals surface area contributed by atoms with Crippen molar-refractivity contribution in [1.82, 2.24) is 0 Å². The van der Waals surface area contributed by atoms with Gasteiger partial charge in [0.05, 0.1) is 11.1 Å². The first-order valence-corrected chi connectivity index (χ1v) is 15.4. The van der Waals surface area contributed by atoms with Gasteiger partial charge in [0.15, 0.2) is 0 Å². The van der Waals surface area contributed by atoms with Gasteiger partial charge in [-0.05, 0) is 66.8 Å². The van der Waals surface area contributed by atoms with Crippen LogP contribution in [0.3, 0.4) is 0 Å². The molecule has 0 radical (unpaired) electrons. The van der Waals surface area contributed by atoms with Gasteiger partial charge in [0.2, 0.25) is 0 Å². The summed E-state index contributed by atoms with van der Waals surface area (Å²) in [5, 5.41) is 19.4. The summed E-state index contributed by atoms with van der Waals surface area (Å²) in [5.74, 6) is 1.53. The number of carbonyl (C=O) groups excluding carboxylic acids is 1. The number of hydrogen-bond acceptors (Lipinski definition) is 4. The molecule has 3 rings (SSSR count). The minimum absolute atomic E-state index is 0.140. The van der Waals surface area contributed by atoms with Gasteiger partial charge in [0.1, 0.15) is 23.5 Å². The molecule has 0 bridgehead atoms. The number of hydrogen-bond donors (Lipinski definition) is 0. The van der Waals surface area contributed by atoms with E-state index in [4.69, 9.17) is 4.74 Å². The standard InChI is InChI=1S/C35H46N2O2/c1-3-5-7-11-27-15-17-28(18-16-27)12-9-10-13-29-19-21-31(22-20-29)35(38)39-34-24-23-30(14-8-6-4-2)32(25-36)33(34)26-37/h19-24,27-28H,3-18H2,1-2H3/t27-,28-. The molecule has 4 nitrogen and oxygen atoms in total. The molecular formula is C35H46N2O2. The van der Waals surface area contributed by atoms with Crippen LogP contribution >= 0.6 is 0 Å². The Morgan fingerprint density at radius 1 is 0.744 bits per heavy atom. The van der Waals surface area contributed by atoms with Gasteiger partial charge >= 0.3 is 5.97 Å². The second kappa shape index (κ2) is 16.8. The quantitative estimate of drug-likeness (QED) is 0.132. The minimum Gasteiger partial charge on any atom is -0.421 e. The van der Waals surface area contributed by atoms with Gasteiger partial charge in [-0.1, -0.05) is 109 Å². The van der Waals surface area contributed by atoms with Crippen LogP contribution < -0.4 is 4.74 Å². The summed E-state index contributed by atoms with van der Waals surface area (Å²) in [4.78, 5) is 12.8. The summed E-state index contributed by atoms with van der Waals surface area (Å²) in [5.41, 5.74) is 2.97. The first kappa shape index (κ1) is 30.4. The molecule has 0 aliphatic heterocycles. The minimum atomic E-state index is -0.508. The largest absolute Gasteiger partial charge is 0.421 e. The van der Waals surface area contributed by atoms with Gasteiger partial charge in [0.25, 0.3) is 0 Å². The molecule has 0 saturated heterocycles. The Kier molecular flexibility index (Phi) is 13.1. The van der Waals surface area contributed by atoms with E-state index in [2.05, 4.69) is 26.0 Å². The van der Waals surface area contributed by atoms with E-state index in [9.17, 15) is 15.3 Å². The Bertz CT molecular complexity index is 1120. The highest BCUT2D eigenvalue weighted by molar-refractivity contribution is 5.91. The average molecular weight is 527 g/mol. The van der Waals surface area contributed by atoms with Crippen molar-refractivity contribution in [2.45, 2.75) is 117 Å². The number of aryl methyl sites for hydroxylation is 2. The lowest BCUT2D eigenvalue weighted by Gasteiger charge is -2.28. The highest BCUT2D eigenvalue weighted by atomic mass is 16.5. The van der Waals surface area contributed by atoms with E-state index in [1.54, 1.807) is 24.3 Å². The van der Waals surface area contributed by atoms with Crippen LogP contribution in [-0.2, 0) is 12.8 Å². The highest BCUT2D eigenvalue weighted by Crippen LogP contribution is 2.34. The summed E-state index contributed by atoms with van der Waals surface area (Å²) >= 11 is 0. The summed E-state index contributed by atoms with van der Waals surface area (Å²) < 4.78 is 5.57. The fourth-order valence-corrected chi connectivity index (χ4v) is 5.94. The summed E-state index contributed by atoms with van der Waals surface area (Å²) in [6, 6.07) is 15.3. The van der Waals surface area contributed by atoms with Gasteiger partial charge in [0, 0.05) is 0 Å². The Labute approximate surface area is 236 Å². The third-order valence-corrected chi connectivity index (χ3v) is 8.43. The Balaban J connectivity index is 1.45. The van der Waals surface area contributed by atoms with E-state index in [0.717, 1.165) is 49.5 Å². The number of esters is 1. The lowest BCUT2D eigenvalue weighted by atomic mass is 9.78. The molecule has 1 aliphatic rings. The van der Waals surface area contributed by atoms with Crippen LogP contribution in [0.2, 0.25) is 0 Å². The second-order valence-corrected chi connectivity index (χ2v) is 11.4. The predicted molar refractivity (Wildman–Crippen MR) is 158 cm³/mol. The Morgan fingerprint density at radius 3 is 1.90 bits per heavy atom. The third-order valence-electron chi connectivity index (χ3n) is 8.43. The van der Waals surface area contributed by atoms with Crippen molar-refractivity contribution in [1.29, 1.82) is 10.5 Å². The van der Waals surface area contributed by atoms with Crippen molar-refractivity contribution in [3.8, 4) is 17.9 Å². The fourth-order valence-electron chi connectivity index (χ4n) is 5.94. The average Bonchev–Trinajstić information content (AvgIpc) is 2.97. The molecule has 2 aromatic carbocycles. The maximum atomic E-state index is 12.8. The van der Waals surface area contributed by atoms with Crippen LogP contribution in [0.4, 0.5) is 0 Å². The number of ether oxygens (including phenoxy) is 1. The number of nitrogens with zero attached hydrogens (tertiary/aromatic N) is 2. The molecule has 2 aromatic rings. The lowest BCUT2D eigenvalue weighted by Crippen LogP contribution is -2.14. The van der Waals surface area contributed by atoms with Crippen molar-refractivity contribution in [2.24, 2.45) is 11.8 Å². The molecule has 208 valence electrons. The molecule has 0 atom stereocenters. The van der Waals surface area contributed by atoms with Gasteiger partial charge in [-0.15, -0.1) is 0 Å². The first-order chi connectivity index (χ1) is 19.1. The molecule has 0 aromatic heterocycles. The molecule has 0 heterocycles. The van der Waals surface area contributed by atoms with E-state index in [0.29, 0.717) is 11.1 Å². The number of benzene rings is 2. The molecule has 4 heteroatoms. The molecule has 1 fully saturated rings. The first-order valence-electron chi connectivity index (χ1n) is 15.4. The zero-order valence-corrected chi connectivity index (χ0v) is 24.1. The normalized spacial score (nSPS) is 16.8. The van der Waals surface area contributed by atoms with Crippen LogP contribution in [0.25, 0.3) is 0 Å². The van der Waals surface area contributed by atoms with E-state index in [1.165, 1.54) is 76.2 Å². The zero-order chi connectivity index (χ0) is 27.9. The summed E-state index contributed by atoms with van der Waals surface area (Å²) in [7, 11) is 0. The van der Waals surface area contributed by atoms with Crippen LogP contribution in [-0.4, -0.2) is 5.97 Å². The van der Waals surface area contributed by atoms with Gasteiger partial charge < -0.3 is 4.74 Å². The predicted octanol–water partition coefficient (Wildman–Crippen LogP) is 9.48. The van der Waals surface area contributed by atoms with Crippen molar-refractivity contribution in [2.75, 3.05) is 0 Å².